The van der Waals surface area contributed by atoms with Crippen LogP contribution in [0.3, 0.4) is 0 Å². The molecule has 0 aromatic heterocycles. The Morgan fingerprint density at radius 3 is 2.38 bits per heavy atom. The molecule has 0 aliphatic carbocycles. The van der Waals surface area contributed by atoms with Gasteiger partial charge in [-0.3, -0.25) is 0 Å². The minimum Gasteiger partial charge on any atom is -0.364 e. The maximum absolute atomic E-state index is 10.4. The van der Waals surface area contributed by atoms with E-state index in [-0.39, 0.29) is 6.10 Å². The highest BCUT2D eigenvalue weighted by Gasteiger charge is 2.31. The van der Waals surface area contributed by atoms with Crippen LogP contribution in [0.25, 0.3) is 0 Å². The van der Waals surface area contributed by atoms with Crippen LogP contribution in [0.2, 0.25) is 0 Å². The first-order valence-corrected chi connectivity index (χ1v) is 8.44. The Balaban J connectivity index is 2.10. The third kappa shape index (κ3) is 2.59. The maximum Gasteiger partial charge on any atom is 0.182 e. The highest BCUT2D eigenvalue weighted by Crippen LogP contribution is 2.44. The van der Waals surface area contributed by atoms with Crippen molar-refractivity contribution >= 4 is 31.9 Å². The molecule has 110 valence electrons. The molecule has 3 rings (SSSR count). The van der Waals surface area contributed by atoms with Gasteiger partial charge in [0, 0.05) is 20.9 Å². The topological polar surface area (TPSA) is 29.5 Å². The molecule has 2 unspecified atom stereocenters. The van der Waals surface area contributed by atoms with Crippen molar-refractivity contribution in [2.75, 3.05) is 0 Å². The van der Waals surface area contributed by atoms with E-state index in [0.717, 1.165) is 43.2 Å². The van der Waals surface area contributed by atoms with Gasteiger partial charge in [-0.05, 0) is 36.1 Å². The van der Waals surface area contributed by atoms with Gasteiger partial charge in [-0.1, -0.05) is 62.2 Å². The summed E-state index contributed by atoms with van der Waals surface area (Å²) in [6.07, 6.45) is -0.261. The van der Waals surface area contributed by atoms with Crippen molar-refractivity contribution in [1.82, 2.24) is 0 Å². The molecule has 0 fully saturated rings. The zero-order valence-electron chi connectivity index (χ0n) is 11.9. The van der Waals surface area contributed by atoms with Crippen molar-refractivity contribution < 1.29 is 9.84 Å². The summed E-state index contributed by atoms with van der Waals surface area (Å²) in [6.45, 7) is 4.08. The van der Waals surface area contributed by atoms with Gasteiger partial charge in [0.15, 0.2) is 6.29 Å². The van der Waals surface area contributed by atoms with Crippen LogP contribution in [-0.2, 0) is 11.2 Å². The molecule has 0 spiro atoms. The molecule has 2 nitrogen and oxygen atoms in total. The number of fused-ring (bicyclic) bond motifs is 1. The molecule has 2 aromatic rings. The summed E-state index contributed by atoms with van der Waals surface area (Å²) in [6, 6.07) is 10.0. The van der Waals surface area contributed by atoms with E-state index in [1.54, 1.807) is 0 Å². The predicted octanol–water partition coefficient (Wildman–Crippen LogP) is 5.13. The molecule has 1 N–H and O–H groups in total. The van der Waals surface area contributed by atoms with Gasteiger partial charge in [0.1, 0.15) is 0 Å². The first kappa shape index (κ1) is 15.2. The molecule has 1 heterocycles. The Morgan fingerprint density at radius 1 is 1.05 bits per heavy atom. The van der Waals surface area contributed by atoms with Crippen LogP contribution in [-0.4, -0.2) is 5.11 Å². The van der Waals surface area contributed by atoms with E-state index in [1.165, 1.54) is 0 Å². The fraction of sp³-hybridized carbons (Fsp3) is 0.294. The average molecular weight is 412 g/mol. The number of benzene rings is 2. The van der Waals surface area contributed by atoms with Crippen molar-refractivity contribution in [2.24, 2.45) is 0 Å². The SMILES string of the molecule is Cc1c(Br)c(C)c2c(c1Br)CC(c1ccccc1)OC2O. The number of hydrogen-bond acceptors (Lipinski definition) is 2. The molecule has 0 saturated heterocycles. The fourth-order valence-corrected chi connectivity index (χ4v) is 4.17. The van der Waals surface area contributed by atoms with Gasteiger partial charge in [0.25, 0.3) is 0 Å². The number of ether oxygens (including phenoxy) is 1. The van der Waals surface area contributed by atoms with E-state index in [0.29, 0.717) is 0 Å². The van der Waals surface area contributed by atoms with Crippen LogP contribution in [0.5, 0.6) is 0 Å². The molecular weight excluding hydrogens is 396 g/mol. The van der Waals surface area contributed by atoms with Gasteiger partial charge in [-0.25, -0.2) is 0 Å². The molecule has 2 aromatic carbocycles. The van der Waals surface area contributed by atoms with E-state index in [4.69, 9.17) is 4.74 Å². The van der Waals surface area contributed by atoms with Crippen LogP contribution in [0, 0.1) is 13.8 Å². The second kappa shape index (κ2) is 5.84. The van der Waals surface area contributed by atoms with Crippen molar-refractivity contribution in [2.45, 2.75) is 32.7 Å². The smallest absolute Gasteiger partial charge is 0.182 e. The number of hydrogen-bond donors (Lipinski definition) is 1. The Bertz CT molecular complexity index is 683. The molecule has 1 aliphatic heterocycles. The predicted molar refractivity (Wildman–Crippen MR) is 90.2 cm³/mol. The average Bonchev–Trinajstić information content (AvgIpc) is 2.51. The molecule has 0 radical (unpaired) electrons. The first-order chi connectivity index (χ1) is 10.0. The summed E-state index contributed by atoms with van der Waals surface area (Å²) >= 11 is 7.28. The molecule has 0 amide bonds. The van der Waals surface area contributed by atoms with E-state index < -0.39 is 6.29 Å². The summed E-state index contributed by atoms with van der Waals surface area (Å²) in [7, 11) is 0. The number of halogens is 2. The summed E-state index contributed by atoms with van der Waals surface area (Å²) in [5.74, 6) is 0. The van der Waals surface area contributed by atoms with E-state index in [2.05, 4.69) is 38.8 Å². The zero-order chi connectivity index (χ0) is 15.1. The lowest BCUT2D eigenvalue weighted by atomic mass is 9.90. The van der Waals surface area contributed by atoms with Crippen molar-refractivity contribution in [3.05, 3.63) is 67.1 Å². The molecule has 4 heteroatoms. The molecule has 2 atom stereocenters. The van der Waals surface area contributed by atoms with E-state index >= 15 is 0 Å². The van der Waals surface area contributed by atoms with Crippen molar-refractivity contribution in [1.29, 1.82) is 0 Å². The normalized spacial score (nSPS) is 21.2. The van der Waals surface area contributed by atoms with Gasteiger partial charge >= 0.3 is 0 Å². The highest BCUT2D eigenvalue weighted by atomic mass is 79.9. The molecule has 0 saturated carbocycles. The zero-order valence-corrected chi connectivity index (χ0v) is 15.0. The summed E-state index contributed by atoms with van der Waals surface area (Å²) < 4.78 is 7.92. The summed E-state index contributed by atoms with van der Waals surface area (Å²) in [5.41, 5.74) is 5.32. The molecule has 21 heavy (non-hydrogen) atoms. The largest absolute Gasteiger partial charge is 0.364 e. The Kier molecular flexibility index (Phi) is 4.23. The van der Waals surface area contributed by atoms with Gasteiger partial charge in [-0.15, -0.1) is 0 Å². The van der Waals surface area contributed by atoms with E-state index in [1.807, 2.05) is 37.3 Å². The Hall–Kier alpha value is -0.680. The van der Waals surface area contributed by atoms with E-state index in [9.17, 15) is 5.11 Å². The van der Waals surface area contributed by atoms with Crippen LogP contribution in [0.1, 0.15) is 40.2 Å². The lowest BCUT2D eigenvalue weighted by Crippen LogP contribution is -2.22. The molecule has 0 bridgehead atoms. The van der Waals surface area contributed by atoms with Crippen LogP contribution in [0.4, 0.5) is 0 Å². The molecule has 1 aliphatic rings. The minimum atomic E-state index is -0.896. The van der Waals surface area contributed by atoms with Crippen LogP contribution < -0.4 is 0 Å². The number of aliphatic hydroxyl groups excluding tert-OH is 1. The number of rotatable bonds is 1. The monoisotopic (exact) mass is 410 g/mol. The van der Waals surface area contributed by atoms with Crippen molar-refractivity contribution in [3.63, 3.8) is 0 Å². The Morgan fingerprint density at radius 2 is 1.71 bits per heavy atom. The first-order valence-electron chi connectivity index (χ1n) is 6.86. The van der Waals surface area contributed by atoms with Gasteiger partial charge in [0.2, 0.25) is 0 Å². The standard InChI is InChI=1S/C17H16Br2O2/c1-9-14-12(16(19)10(2)15(9)18)8-13(21-17(14)20)11-6-4-3-5-7-11/h3-7,13,17,20H,8H2,1-2H3. The maximum atomic E-state index is 10.4. The third-order valence-electron chi connectivity index (χ3n) is 4.08. The van der Waals surface area contributed by atoms with Gasteiger partial charge < -0.3 is 9.84 Å². The van der Waals surface area contributed by atoms with Crippen molar-refractivity contribution in [3.8, 4) is 0 Å². The second-order valence-electron chi connectivity index (χ2n) is 5.36. The minimum absolute atomic E-state index is 0.120. The van der Waals surface area contributed by atoms with Gasteiger partial charge in [0.05, 0.1) is 6.10 Å². The Labute approximate surface area is 141 Å². The highest BCUT2D eigenvalue weighted by molar-refractivity contribution is 9.11. The summed E-state index contributed by atoms with van der Waals surface area (Å²) in [5, 5.41) is 10.4. The molecular formula is C17H16Br2O2. The quantitative estimate of drug-likeness (QED) is 0.704. The van der Waals surface area contributed by atoms with Gasteiger partial charge in [-0.2, -0.15) is 0 Å². The third-order valence-corrected chi connectivity index (χ3v) is 6.35. The fourth-order valence-electron chi connectivity index (χ4n) is 2.92. The van der Waals surface area contributed by atoms with Crippen LogP contribution >= 0.6 is 31.9 Å². The lowest BCUT2D eigenvalue weighted by molar-refractivity contribution is -0.151. The second-order valence-corrected chi connectivity index (χ2v) is 6.95. The summed E-state index contributed by atoms with van der Waals surface area (Å²) in [4.78, 5) is 0. The van der Waals surface area contributed by atoms with Crippen LogP contribution in [0.15, 0.2) is 39.3 Å². The lowest BCUT2D eigenvalue weighted by Gasteiger charge is -2.32. The number of aliphatic hydroxyl groups is 1.